The zero-order chi connectivity index (χ0) is 10.1. The first-order valence-electron chi connectivity index (χ1n) is 4.46. The van der Waals surface area contributed by atoms with Crippen LogP contribution in [0.1, 0.15) is 25.5 Å². The van der Waals surface area contributed by atoms with Gasteiger partial charge in [-0.25, -0.2) is 0 Å². The minimum atomic E-state index is 0.0659. The molecular weight excluding hydrogens is 180 g/mol. The molecule has 2 heterocycles. The molecule has 5 nitrogen and oxygen atoms in total. The summed E-state index contributed by atoms with van der Waals surface area (Å²) in [5.74, 6) is 0.930. The van der Waals surface area contributed by atoms with Crippen molar-refractivity contribution >= 4 is 0 Å². The average Bonchev–Trinajstić information content (AvgIpc) is 2.70. The summed E-state index contributed by atoms with van der Waals surface area (Å²) in [7, 11) is 0. The molecule has 0 aromatic carbocycles. The standard InChI is InChI=1S/C9H12N4O/c1-5(2)7-9(14)13-8(12-7)6-3-10-11-4-6/h3-5,14H,1-2H3,(H,10,11)(H,12,13). The number of hydrogen-bond donors (Lipinski definition) is 3. The maximum Gasteiger partial charge on any atom is 0.233 e. The monoisotopic (exact) mass is 192 g/mol. The van der Waals surface area contributed by atoms with E-state index in [2.05, 4.69) is 20.2 Å². The van der Waals surface area contributed by atoms with Gasteiger partial charge in [0.25, 0.3) is 0 Å². The second-order valence-corrected chi connectivity index (χ2v) is 3.46. The zero-order valence-electron chi connectivity index (χ0n) is 8.07. The SMILES string of the molecule is CC(C)c1[nH]c(-c2cn[nH]c2)nc1O. The van der Waals surface area contributed by atoms with Crippen LogP contribution in [0.2, 0.25) is 0 Å². The minimum Gasteiger partial charge on any atom is -0.492 e. The molecule has 0 atom stereocenters. The fourth-order valence-corrected chi connectivity index (χ4v) is 1.30. The van der Waals surface area contributed by atoms with E-state index in [9.17, 15) is 5.11 Å². The molecule has 0 saturated carbocycles. The Kier molecular flexibility index (Phi) is 1.99. The van der Waals surface area contributed by atoms with Crippen molar-refractivity contribution < 1.29 is 5.11 Å². The normalized spacial score (nSPS) is 11.1. The van der Waals surface area contributed by atoms with Crippen molar-refractivity contribution in [3.05, 3.63) is 18.1 Å². The van der Waals surface area contributed by atoms with Crippen LogP contribution in [-0.4, -0.2) is 25.3 Å². The summed E-state index contributed by atoms with van der Waals surface area (Å²) in [6.45, 7) is 3.98. The van der Waals surface area contributed by atoms with Crippen LogP contribution in [0.4, 0.5) is 0 Å². The Morgan fingerprint density at radius 3 is 2.71 bits per heavy atom. The van der Waals surface area contributed by atoms with E-state index in [1.165, 1.54) is 0 Å². The lowest BCUT2D eigenvalue weighted by Crippen LogP contribution is -1.87. The molecule has 0 bridgehead atoms. The number of rotatable bonds is 2. The molecule has 0 unspecified atom stereocenters. The molecule has 0 spiro atoms. The number of aromatic hydroxyl groups is 1. The van der Waals surface area contributed by atoms with Gasteiger partial charge in [-0.3, -0.25) is 5.10 Å². The lowest BCUT2D eigenvalue weighted by molar-refractivity contribution is 0.446. The molecule has 5 heteroatoms. The second kappa shape index (κ2) is 3.17. The fourth-order valence-electron chi connectivity index (χ4n) is 1.30. The van der Waals surface area contributed by atoms with Crippen molar-refractivity contribution in [2.75, 3.05) is 0 Å². The minimum absolute atomic E-state index is 0.0659. The highest BCUT2D eigenvalue weighted by Crippen LogP contribution is 2.26. The van der Waals surface area contributed by atoms with Gasteiger partial charge >= 0.3 is 0 Å². The maximum atomic E-state index is 9.53. The maximum absolute atomic E-state index is 9.53. The van der Waals surface area contributed by atoms with Gasteiger partial charge in [-0.1, -0.05) is 13.8 Å². The molecule has 0 aliphatic carbocycles. The fraction of sp³-hybridized carbons (Fsp3) is 0.333. The predicted octanol–water partition coefficient (Wildman–Crippen LogP) is 1.63. The third-order valence-electron chi connectivity index (χ3n) is 2.06. The van der Waals surface area contributed by atoms with Gasteiger partial charge in [-0.2, -0.15) is 10.1 Å². The van der Waals surface area contributed by atoms with Crippen LogP contribution in [0.25, 0.3) is 11.4 Å². The Morgan fingerprint density at radius 1 is 1.43 bits per heavy atom. The Labute approximate surface area is 81.2 Å². The molecule has 74 valence electrons. The van der Waals surface area contributed by atoms with E-state index in [1.807, 2.05) is 13.8 Å². The summed E-state index contributed by atoms with van der Waals surface area (Å²) in [4.78, 5) is 7.08. The molecule has 3 N–H and O–H groups in total. The summed E-state index contributed by atoms with van der Waals surface area (Å²) < 4.78 is 0. The molecule has 14 heavy (non-hydrogen) atoms. The lowest BCUT2D eigenvalue weighted by atomic mass is 10.1. The lowest BCUT2D eigenvalue weighted by Gasteiger charge is -1.99. The number of aromatic nitrogens is 4. The molecule has 2 rings (SSSR count). The van der Waals surface area contributed by atoms with Gasteiger partial charge in [0.15, 0.2) is 0 Å². The van der Waals surface area contributed by atoms with Crippen molar-refractivity contribution in [3.8, 4) is 17.3 Å². The van der Waals surface area contributed by atoms with E-state index in [0.717, 1.165) is 11.3 Å². The molecule has 0 fully saturated rings. The van der Waals surface area contributed by atoms with Gasteiger partial charge in [0.2, 0.25) is 5.88 Å². The van der Waals surface area contributed by atoms with Gasteiger partial charge < -0.3 is 10.1 Å². The van der Waals surface area contributed by atoms with Gasteiger partial charge in [0, 0.05) is 6.20 Å². The first-order chi connectivity index (χ1) is 6.68. The highest BCUT2D eigenvalue weighted by atomic mass is 16.3. The van der Waals surface area contributed by atoms with E-state index in [0.29, 0.717) is 5.82 Å². The third kappa shape index (κ3) is 1.37. The topological polar surface area (TPSA) is 77.6 Å². The Morgan fingerprint density at radius 2 is 2.21 bits per heavy atom. The Hall–Kier alpha value is -1.78. The van der Waals surface area contributed by atoms with Crippen molar-refractivity contribution in [1.29, 1.82) is 0 Å². The Balaban J connectivity index is 2.43. The van der Waals surface area contributed by atoms with Gasteiger partial charge in [0.05, 0.1) is 17.5 Å². The van der Waals surface area contributed by atoms with Crippen LogP contribution in [0, 0.1) is 0 Å². The predicted molar refractivity (Wildman–Crippen MR) is 51.9 cm³/mol. The van der Waals surface area contributed by atoms with E-state index < -0.39 is 0 Å². The number of hydrogen-bond acceptors (Lipinski definition) is 3. The van der Waals surface area contributed by atoms with E-state index in [1.54, 1.807) is 12.4 Å². The highest BCUT2D eigenvalue weighted by molar-refractivity contribution is 5.54. The molecule has 2 aromatic rings. The largest absolute Gasteiger partial charge is 0.492 e. The number of aromatic amines is 2. The molecule has 0 aliphatic rings. The van der Waals surface area contributed by atoms with Crippen LogP contribution in [0.3, 0.4) is 0 Å². The summed E-state index contributed by atoms with van der Waals surface area (Å²) >= 11 is 0. The third-order valence-corrected chi connectivity index (χ3v) is 2.06. The van der Waals surface area contributed by atoms with Crippen LogP contribution < -0.4 is 0 Å². The quantitative estimate of drug-likeness (QED) is 0.676. The van der Waals surface area contributed by atoms with Gasteiger partial charge in [-0.05, 0) is 5.92 Å². The molecule has 2 aromatic heterocycles. The zero-order valence-corrected chi connectivity index (χ0v) is 8.07. The van der Waals surface area contributed by atoms with Crippen LogP contribution in [0.5, 0.6) is 5.88 Å². The molecular formula is C9H12N4O. The molecule has 0 amide bonds. The summed E-state index contributed by atoms with van der Waals surface area (Å²) in [5.41, 5.74) is 1.59. The van der Waals surface area contributed by atoms with E-state index in [-0.39, 0.29) is 11.8 Å². The van der Waals surface area contributed by atoms with Crippen LogP contribution in [-0.2, 0) is 0 Å². The highest BCUT2D eigenvalue weighted by Gasteiger charge is 2.13. The first-order valence-corrected chi connectivity index (χ1v) is 4.46. The van der Waals surface area contributed by atoms with Gasteiger partial charge in [-0.15, -0.1) is 0 Å². The smallest absolute Gasteiger partial charge is 0.233 e. The van der Waals surface area contributed by atoms with E-state index >= 15 is 0 Å². The molecule has 0 radical (unpaired) electrons. The van der Waals surface area contributed by atoms with E-state index in [4.69, 9.17) is 0 Å². The number of H-pyrrole nitrogens is 2. The van der Waals surface area contributed by atoms with Crippen LogP contribution in [0.15, 0.2) is 12.4 Å². The average molecular weight is 192 g/mol. The van der Waals surface area contributed by atoms with Crippen molar-refractivity contribution in [1.82, 2.24) is 20.2 Å². The van der Waals surface area contributed by atoms with Crippen molar-refractivity contribution in [2.24, 2.45) is 0 Å². The summed E-state index contributed by atoms with van der Waals surface area (Å²) in [5, 5.41) is 16.0. The number of nitrogens with zero attached hydrogens (tertiary/aromatic N) is 2. The van der Waals surface area contributed by atoms with Crippen LogP contribution >= 0.6 is 0 Å². The number of imidazole rings is 1. The van der Waals surface area contributed by atoms with Crippen molar-refractivity contribution in [2.45, 2.75) is 19.8 Å². The Bertz CT molecular complexity index is 416. The second-order valence-electron chi connectivity index (χ2n) is 3.46. The number of nitrogens with one attached hydrogen (secondary N) is 2. The molecule has 0 aliphatic heterocycles. The first kappa shape index (κ1) is 8.80. The molecule has 0 saturated heterocycles. The van der Waals surface area contributed by atoms with Crippen molar-refractivity contribution in [3.63, 3.8) is 0 Å². The summed E-state index contributed by atoms with van der Waals surface area (Å²) in [6, 6.07) is 0. The van der Waals surface area contributed by atoms with Gasteiger partial charge in [0.1, 0.15) is 5.82 Å². The summed E-state index contributed by atoms with van der Waals surface area (Å²) in [6.07, 6.45) is 3.38.